The molecule has 3 aromatic rings. The quantitative estimate of drug-likeness (QED) is 0.154. The van der Waals surface area contributed by atoms with Crippen LogP contribution in [0.3, 0.4) is 0 Å². The number of thiophene rings is 1. The van der Waals surface area contributed by atoms with Gasteiger partial charge in [0, 0.05) is 29.0 Å². The average molecular weight is 497 g/mol. The Morgan fingerprint density at radius 1 is 1.09 bits per heavy atom. The number of nitro groups is 1. The van der Waals surface area contributed by atoms with E-state index < -0.39 is 10.9 Å². The number of carbonyl (C=O) groups is 2. The fourth-order valence-corrected chi connectivity index (χ4v) is 4.77. The minimum absolute atomic E-state index is 0.0455. The second-order valence-corrected chi connectivity index (χ2v) is 9.26. The molecule has 0 radical (unpaired) electrons. The normalized spacial score (nSPS) is 10.6. The molecular formula is C26H28N2O6S. The highest BCUT2D eigenvalue weighted by Gasteiger charge is 2.25. The Kier molecular flexibility index (Phi) is 8.59. The van der Waals surface area contributed by atoms with Crippen molar-refractivity contribution < 1.29 is 24.0 Å². The first-order chi connectivity index (χ1) is 16.7. The number of hydrogen-bond donors (Lipinski definition) is 1. The van der Waals surface area contributed by atoms with Crippen molar-refractivity contribution in [3.8, 4) is 16.9 Å². The summed E-state index contributed by atoms with van der Waals surface area (Å²) in [6, 6.07) is 11.9. The van der Waals surface area contributed by atoms with E-state index in [1.54, 1.807) is 19.1 Å². The number of esters is 1. The minimum Gasteiger partial charge on any atom is -0.493 e. The van der Waals surface area contributed by atoms with E-state index in [-0.39, 0.29) is 30.2 Å². The van der Waals surface area contributed by atoms with Gasteiger partial charge in [0.1, 0.15) is 16.3 Å². The van der Waals surface area contributed by atoms with Crippen molar-refractivity contribution in [1.29, 1.82) is 0 Å². The van der Waals surface area contributed by atoms with Crippen molar-refractivity contribution in [3.63, 3.8) is 0 Å². The van der Waals surface area contributed by atoms with Crippen molar-refractivity contribution in [2.75, 3.05) is 18.5 Å². The molecule has 0 saturated heterocycles. The summed E-state index contributed by atoms with van der Waals surface area (Å²) in [5, 5.41) is 14.2. The lowest BCUT2D eigenvalue weighted by Gasteiger charge is -2.11. The van der Waals surface area contributed by atoms with Gasteiger partial charge in [-0.15, -0.1) is 11.3 Å². The first-order valence-corrected chi connectivity index (χ1v) is 12.1. The van der Waals surface area contributed by atoms with Crippen LogP contribution in [0, 0.1) is 30.9 Å². The topological polar surface area (TPSA) is 108 Å². The Morgan fingerprint density at radius 3 is 2.43 bits per heavy atom. The highest BCUT2D eigenvalue weighted by Crippen LogP contribution is 2.41. The van der Waals surface area contributed by atoms with Gasteiger partial charge in [-0.2, -0.15) is 0 Å². The lowest BCUT2D eigenvalue weighted by atomic mass is 10.0. The summed E-state index contributed by atoms with van der Waals surface area (Å²) in [5.74, 6) is -0.00261. The number of nitro benzene ring substituents is 1. The van der Waals surface area contributed by atoms with Crippen molar-refractivity contribution in [2.24, 2.45) is 0 Å². The fraction of sp³-hybridized carbons (Fsp3) is 0.308. The van der Waals surface area contributed by atoms with E-state index in [1.165, 1.54) is 23.5 Å². The van der Waals surface area contributed by atoms with E-state index in [4.69, 9.17) is 9.47 Å². The second kappa shape index (κ2) is 11.6. The highest BCUT2D eigenvalue weighted by molar-refractivity contribution is 7.17. The van der Waals surface area contributed by atoms with Gasteiger partial charge in [0.15, 0.2) is 0 Å². The first-order valence-electron chi connectivity index (χ1n) is 11.3. The molecular weight excluding hydrogens is 468 g/mol. The molecule has 0 spiro atoms. The van der Waals surface area contributed by atoms with Crippen molar-refractivity contribution in [1.82, 2.24) is 0 Å². The summed E-state index contributed by atoms with van der Waals surface area (Å²) < 4.78 is 11.0. The number of hydrogen-bond acceptors (Lipinski definition) is 7. The molecule has 0 unspecified atom stereocenters. The molecule has 0 aliphatic heterocycles. The van der Waals surface area contributed by atoms with E-state index in [9.17, 15) is 19.7 Å². The standard InChI is InChI=1S/C26H28N2O6S/c1-5-33-26(30)24-23(19-9-11-20(12-10-19)28(31)32)18(4)35-25(24)27-22(29)7-6-14-34-21-13-8-16(2)15-17(21)3/h8-13,15H,5-7,14H2,1-4H3,(H,27,29). The molecule has 2 aromatic carbocycles. The molecule has 0 fully saturated rings. The Labute approximate surface area is 208 Å². The molecule has 8 nitrogen and oxygen atoms in total. The lowest BCUT2D eigenvalue weighted by Crippen LogP contribution is -2.15. The third-order valence-corrected chi connectivity index (χ3v) is 6.34. The maximum absolute atomic E-state index is 12.8. The van der Waals surface area contributed by atoms with Gasteiger partial charge in [0.05, 0.1) is 18.1 Å². The van der Waals surface area contributed by atoms with Gasteiger partial charge in [0.2, 0.25) is 5.91 Å². The Bertz CT molecular complexity index is 1230. The molecule has 1 aromatic heterocycles. The first kappa shape index (κ1) is 25.9. The Balaban J connectivity index is 1.73. The number of rotatable bonds is 10. The summed E-state index contributed by atoms with van der Waals surface area (Å²) in [7, 11) is 0. The Hall–Kier alpha value is -3.72. The number of anilines is 1. The summed E-state index contributed by atoms with van der Waals surface area (Å²) in [5.41, 5.74) is 3.64. The number of ether oxygens (including phenoxy) is 2. The minimum atomic E-state index is -0.557. The van der Waals surface area contributed by atoms with Crippen molar-refractivity contribution in [2.45, 2.75) is 40.5 Å². The zero-order chi connectivity index (χ0) is 25.5. The Morgan fingerprint density at radius 2 is 1.80 bits per heavy atom. The van der Waals surface area contributed by atoms with E-state index >= 15 is 0 Å². The maximum atomic E-state index is 12.8. The molecule has 9 heteroatoms. The SMILES string of the molecule is CCOC(=O)c1c(NC(=O)CCCOc2ccc(C)cc2C)sc(C)c1-c1ccc([N+](=O)[O-])cc1. The molecule has 35 heavy (non-hydrogen) atoms. The van der Waals surface area contributed by atoms with E-state index in [0.29, 0.717) is 29.2 Å². The van der Waals surface area contributed by atoms with Crippen LogP contribution in [0.25, 0.3) is 11.1 Å². The number of amides is 1. The molecule has 184 valence electrons. The van der Waals surface area contributed by atoms with Gasteiger partial charge in [-0.1, -0.05) is 17.7 Å². The number of non-ortho nitro benzene ring substituents is 1. The monoisotopic (exact) mass is 496 g/mol. The van der Waals surface area contributed by atoms with Crippen molar-refractivity contribution >= 4 is 33.9 Å². The van der Waals surface area contributed by atoms with Gasteiger partial charge in [0.25, 0.3) is 5.69 Å². The van der Waals surface area contributed by atoms with Gasteiger partial charge >= 0.3 is 5.97 Å². The second-order valence-electron chi connectivity index (χ2n) is 8.03. The third-order valence-electron chi connectivity index (χ3n) is 5.32. The number of nitrogens with zero attached hydrogens (tertiary/aromatic N) is 1. The molecule has 0 aliphatic carbocycles. The predicted molar refractivity (Wildman–Crippen MR) is 136 cm³/mol. The molecule has 0 atom stereocenters. The number of nitrogens with one attached hydrogen (secondary N) is 1. The summed E-state index contributed by atoms with van der Waals surface area (Å²) >= 11 is 1.27. The van der Waals surface area contributed by atoms with Crippen molar-refractivity contribution in [3.05, 3.63) is 74.1 Å². The molecule has 3 rings (SSSR count). The van der Waals surface area contributed by atoms with Gasteiger partial charge in [-0.25, -0.2) is 4.79 Å². The summed E-state index contributed by atoms with van der Waals surface area (Å²) in [4.78, 5) is 36.8. The fourth-order valence-electron chi connectivity index (χ4n) is 3.69. The summed E-state index contributed by atoms with van der Waals surface area (Å²) in [6.45, 7) is 8.10. The zero-order valence-electron chi connectivity index (χ0n) is 20.2. The van der Waals surface area contributed by atoms with Crippen LogP contribution in [-0.2, 0) is 9.53 Å². The van der Waals surface area contributed by atoms with Crippen LogP contribution in [0.15, 0.2) is 42.5 Å². The van der Waals surface area contributed by atoms with Gasteiger partial charge < -0.3 is 14.8 Å². The van der Waals surface area contributed by atoms with E-state index in [1.807, 2.05) is 39.0 Å². The average Bonchev–Trinajstić information content (AvgIpc) is 3.13. The van der Waals surface area contributed by atoms with Crippen LogP contribution in [0.2, 0.25) is 0 Å². The van der Waals surface area contributed by atoms with E-state index in [0.717, 1.165) is 21.8 Å². The molecule has 1 heterocycles. The van der Waals surface area contributed by atoms with Gasteiger partial charge in [-0.05, 0) is 63.4 Å². The largest absolute Gasteiger partial charge is 0.493 e. The van der Waals surface area contributed by atoms with Gasteiger partial charge in [-0.3, -0.25) is 14.9 Å². The van der Waals surface area contributed by atoms with Crippen LogP contribution < -0.4 is 10.1 Å². The molecule has 0 bridgehead atoms. The highest BCUT2D eigenvalue weighted by atomic mass is 32.1. The molecule has 1 amide bonds. The molecule has 0 aliphatic rings. The number of carbonyl (C=O) groups excluding carboxylic acids is 2. The van der Waals surface area contributed by atoms with Crippen LogP contribution in [0.5, 0.6) is 5.75 Å². The maximum Gasteiger partial charge on any atom is 0.341 e. The van der Waals surface area contributed by atoms with Crippen LogP contribution in [0.1, 0.15) is 46.1 Å². The van der Waals surface area contributed by atoms with Crippen LogP contribution in [0.4, 0.5) is 10.7 Å². The predicted octanol–water partition coefficient (Wildman–Crippen LogP) is 6.22. The van der Waals surface area contributed by atoms with Crippen LogP contribution in [-0.4, -0.2) is 30.0 Å². The molecule has 0 saturated carbocycles. The molecule has 1 N–H and O–H groups in total. The van der Waals surface area contributed by atoms with Crippen LogP contribution >= 0.6 is 11.3 Å². The zero-order valence-corrected chi connectivity index (χ0v) is 21.0. The van der Waals surface area contributed by atoms with E-state index in [2.05, 4.69) is 5.32 Å². The number of aryl methyl sites for hydroxylation is 3. The lowest BCUT2D eigenvalue weighted by molar-refractivity contribution is -0.384. The summed E-state index contributed by atoms with van der Waals surface area (Å²) in [6.07, 6.45) is 0.727. The number of benzene rings is 2. The third kappa shape index (κ3) is 6.45. The smallest absolute Gasteiger partial charge is 0.341 e.